The van der Waals surface area contributed by atoms with Crippen molar-refractivity contribution in [2.24, 2.45) is 5.92 Å². The average Bonchev–Trinajstić information content (AvgIpc) is 2.32. The smallest absolute Gasteiger partial charge is 0.292 e. The number of hydrogen-bond donors (Lipinski definition) is 1. The molecule has 1 heterocycles. The van der Waals surface area contributed by atoms with Gasteiger partial charge in [-0.05, 0) is 18.4 Å². The minimum atomic E-state index is -0.413. The van der Waals surface area contributed by atoms with Crippen LogP contribution in [-0.2, 0) is 0 Å². The number of para-hydroxylation sites is 2. The summed E-state index contributed by atoms with van der Waals surface area (Å²) in [5.41, 5.74) is 0.706. The molecule has 1 aromatic rings. The first kappa shape index (κ1) is 11.9. The molecular weight excluding hydrogens is 220 g/mol. The van der Waals surface area contributed by atoms with Crippen LogP contribution in [0.25, 0.3) is 0 Å². The topological polar surface area (TPSA) is 66.6 Å². The molecule has 1 N–H and O–H groups in total. The van der Waals surface area contributed by atoms with Gasteiger partial charge < -0.3 is 10.0 Å². The molecule has 0 aromatic heterocycles. The van der Waals surface area contributed by atoms with Gasteiger partial charge in [-0.3, -0.25) is 10.1 Å². The Morgan fingerprint density at radius 1 is 1.47 bits per heavy atom. The van der Waals surface area contributed by atoms with Crippen LogP contribution in [0.5, 0.6) is 0 Å². The monoisotopic (exact) mass is 236 g/mol. The van der Waals surface area contributed by atoms with E-state index in [1.807, 2.05) is 11.8 Å². The summed E-state index contributed by atoms with van der Waals surface area (Å²) in [6.45, 7) is 3.22. The quantitative estimate of drug-likeness (QED) is 0.628. The molecule has 2 atom stereocenters. The van der Waals surface area contributed by atoms with Crippen LogP contribution >= 0.6 is 0 Å². The first-order valence-corrected chi connectivity index (χ1v) is 5.76. The third-order valence-electron chi connectivity index (χ3n) is 3.34. The second-order valence-corrected chi connectivity index (χ2v) is 4.53. The summed E-state index contributed by atoms with van der Waals surface area (Å²) in [6, 6.07) is 6.68. The number of benzene rings is 1. The summed E-state index contributed by atoms with van der Waals surface area (Å²) in [6.07, 6.45) is 0.441. The SMILES string of the molecule is CC1CCN(c2ccccc2[N+](=O)[O-])CC1O. The molecule has 0 radical (unpaired) electrons. The summed E-state index contributed by atoms with van der Waals surface area (Å²) >= 11 is 0. The fourth-order valence-electron chi connectivity index (χ4n) is 2.15. The zero-order valence-corrected chi connectivity index (χ0v) is 9.74. The predicted octanol–water partition coefficient (Wildman–Crippen LogP) is 1.80. The van der Waals surface area contributed by atoms with Gasteiger partial charge in [0.15, 0.2) is 0 Å². The van der Waals surface area contributed by atoms with E-state index >= 15 is 0 Å². The molecule has 92 valence electrons. The van der Waals surface area contributed by atoms with Crippen LogP contribution in [0.2, 0.25) is 0 Å². The van der Waals surface area contributed by atoms with Crippen molar-refractivity contribution < 1.29 is 10.0 Å². The van der Waals surface area contributed by atoms with E-state index in [9.17, 15) is 15.2 Å². The van der Waals surface area contributed by atoms with E-state index in [4.69, 9.17) is 0 Å². The van der Waals surface area contributed by atoms with Crippen molar-refractivity contribution in [3.63, 3.8) is 0 Å². The molecule has 17 heavy (non-hydrogen) atoms. The summed E-state index contributed by atoms with van der Waals surface area (Å²) in [5.74, 6) is 0.258. The molecule has 0 spiro atoms. The van der Waals surface area contributed by atoms with Crippen molar-refractivity contribution in [2.75, 3.05) is 18.0 Å². The number of anilines is 1. The lowest BCUT2D eigenvalue weighted by Crippen LogP contribution is -2.43. The third kappa shape index (κ3) is 2.39. The van der Waals surface area contributed by atoms with Crippen molar-refractivity contribution in [3.8, 4) is 0 Å². The molecule has 1 saturated heterocycles. The van der Waals surface area contributed by atoms with E-state index in [0.717, 1.165) is 13.0 Å². The molecule has 5 heteroatoms. The van der Waals surface area contributed by atoms with E-state index in [0.29, 0.717) is 12.2 Å². The van der Waals surface area contributed by atoms with Crippen LogP contribution in [0, 0.1) is 16.0 Å². The molecule has 5 nitrogen and oxygen atoms in total. The highest BCUT2D eigenvalue weighted by atomic mass is 16.6. The zero-order valence-electron chi connectivity index (χ0n) is 9.74. The molecule has 0 aliphatic carbocycles. The summed E-state index contributed by atoms with van der Waals surface area (Å²) in [7, 11) is 0. The Bertz CT molecular complexity index is 422. The maximum atomic E-state index is 10.9. The van der Waals surface area contributed by atoms with Crippen molar-refractivity contribution in [3.05, 3.63) is 34.4 Å². The molecule has 1 fully saturated rings. The molecule has 0 bridgehead atoms. The number of hydrogen-bond acceptors (Lipinski definition) is 4. The van der Waals surface area contributed by atoms with Gasteiger partial charge in [-0.15, -0.1) is 0 Å². The number of aliphatic hydroxyl groups excluding tert-OH is 1. The summed E-state index contributed by atoms with van der Waals surface area (Å²) in [4.78, 5) is 12.4. The molecule has 1 aromatic carbocycles. The van der Waals surface area contributed by atoms with Crippen LogP contribution in [0.15, 0.2) is 24.3 Å². The maximum Gasteiger partial charge on any atom is 0.292 e. The second kappa shape index (κ2) is 4.71. The predicted molar refractivity (Wildman–Crippen MR) is 65.1 cm³/mol. The van der Waals surface area contributed by atoms with Crippen LogP contribution in [0.4, 0.5) is 11.4 Å². The van der Waals surface area contributed by atoms with E-state index < -0.39 is 6.10 Å². The number of nitrogens with zero attached hydrogens (tertiary/aromatic N) is 2. The fourth-order valence-corrected chi connectivity index (χ4v) is 2.15. The van der Waals surface area contributed by atoms with Gasteiger partial charge in [0.25, 0.3) is 5.69 Å². The van der Waals surface area contributed by atoms with Gasteiger partial charge in [-0.1, -0.05) is 19.1 Å². The molecule has 2 rings (SSSR count). The van der Waals surface area contributed by atoms with Gasteiger partial charge in [0.1, 0.15) is 5.69 Å². The average molecular weight is 236 g/mol. The van der Waals surface area contributed by atoms with Gasteiger partial charge >= 0.3 is 0 Å². The van der Waals surface area contributed by atoms with Gasteiger partial charge in [0, 0.05) is 19.2 Å². The van der Waals surface area contributed by atoms with Crippen LogP contribution in [0.3, 0.4) is 0 Å². The lowest BCUT2D eigenvalue weighted by atomic mass is 9.95. The normalized spacial score (nSPS) is 24.7. The number of nitro groups is 1. The summed E-state index contributed by atoms with van der Waals surface area (Å²) in [5, 5.41) is 20.8. The summed E-state index contributed by atoms with van der Waals surface area (Å²) < 4.78 is 0. The number of β-amino-alcohol motifs (C(OH)–C–C–N with tert-alkyl or cyclic N) is 1. The van der Waals surface area contributed by atoms with Crippen molar-refractivity contribution in [1.29, 1.82) is 0 Å². The molecule has 0 saturated carbocycles. The number of nitro benzene ring substituents is 1. The Hall–Kier alpha value is -1.62. The van der Waals surface area contributed by atoms with Crippen molar-refractivity contribution in [2.45, 2.75) is 19.4 Å². The van der Waals surface area contributed by atoms with Crippen LogP contribution in [-0.4, -0.2) is 29.2 Å². The fraction of sp³-hybridized carbons (Fsp3) is 0.500. The highest BCUT2D eigenvalue weighted by Gasteiger charge is 2.27. The van der Waals surface area contributed by atoms with Crippen molar-refractivity contribution in [1.82, 2.24) is 0 Å². The standard InChI is InChI=1S/C12H16N2O3/c1-9-6-7-13(8-12(9)15)10-4-2-3-5-11(10)14(16)17/h2-5,9,12,15H,6-8H2,1H3. The Labute approximate surface area is 99.8 Å². The Kier molecular flexibility index (Phi) is 3.28. The molecule has 1 aliphatic heterocycles. The van der Waals surface area contributed by atoms with Crippen molar-refractivity contribution >= 4 is 11.4 Å². The van der Waals surface area contributed by atoms with E-state index in [-0.39, 0.29) is 16.5 Å². The van der Waals surface area contributed by atoms with E-state index in [2.05, 4.69) is 0 Å². The molecular formula is C12H16N2O3. The van der Waals surface area contributed by atoms with Gasteiger partial charge in [-0.2, -0.15) is 0 Å². The minimum absolute atomic E-state index is 0.106. The maximum absolute atomic E-state index is 10.9. The van der Waals surface area contributed by atoms with E-state index in [1.165, 1.54) is 6.07 Å². The van der Waals surface area contributed by atoms with Crippen LogP contribution in [0.1, 0.15) is 13.3 Å². The minimum Gasteiger partial charge on any atom is -0.391 e. The Balaban J connectivity index is 2.25. The molecule has 0 amide bonds. The number of aliphatic hydroxyl groups is 1. The Morgan fingerprint density at radius 2 is 2.18 bits per heavy atom. The zero-order chi connectivity index (χ0) is 12.4. The van der Waals surface area contributed by atoms with Gasteiger partial charge in [-0.25, -0.2) is 0 Å². The highest BCUT2D eigenvalue weighted by molar-refractivity contribution is 5.63. The number of rotatable bonds is 2. The first-order valence-electron chi connectivity index (χ1n) is 5.76. The largest absolute Gasteiger partial charge is 0.391 e. The third-order valence-corrected chi connectivity index (χ3v) is 3.34. The number of piperidine rings is 1. The lowest BCUT2D eigenvalue weighted by Gasteiger charge is -2.35. The van der Waals surface area contributed by atoms with Crippen LogP contribution < -0.4 is 4.90 Å². The Morgan fingerprint density at radius 3 is 2.82 bits per heavy atom. The highest BCUT2D eigenvalue weighted by Crippen LogP contribution is 2.30. The van der Waals surface area contributed by atoms with Gasteiger partial charge in [0.05, 0.1) is 11.0 Å². The molecule has 2 unspecified atom stereocenters. The van der Waals surface area contributed by atoms with Gasteiger partial charge in [0.2, 0.25) is 0 Å². The molecule has 1 aliphatic rings. The second-order valence-electron chi connectivity index (χ2n) is 4.53. The lowest BCUT2D eigenvalue weighted by molar-refractivity contribution is -0.384. The first-order chi connectivity index (χ1) is 8.09. The van der Waals surface area contributed by atoms with E-state index in [1.54, 1.807) is 18.2 Å².